The van der Waals surface area contributed by atoms with E-state index < -0.39 is 5.54 Å². The number of hydrogen-bond donors (Lipinski definition) is 1. The van der Waals surface area contributed by atoms with E-state index in [0.29, 0.717) is 13.2 Å². The largest absolute Gasteiger partial charge is 0.382 e. The van der Waals surface area contributed by atoms with E-state index in [1.54, 1.807) is 26.7 Å². The molecule has 0 spiro atoms. The zero-order chi connectivity index (χ0) is 12.2. The maximum absolute atomic E-state index is 6.06. The van der Waals surface area contributed by atoms with Crippen molar-refractivity contribution in [3.05, 3.63) is 18.2 Å². The zero-order valence-corrected chi connectivity index (χ0v) is 10.4. The van der Waals surface area contributed by atoms with Crippen molar-refractivity contribution in [2.24, 2.45) is 5.73 Å². The summed E-state index contributed by atoms with van der Waals surface area (Å²) in [5, 5.41) is 0. The first kappa shape index (κ1) is 13.2. The fourth-order valence-electron chi connectivity index (χ4n) is 1.60. The zero-order valence-electron chi connectivity index (χ0n) is 10.4. The lowest BCUT2D eigenvalue weighted by Gasteiger charge is -2.23. The maximum atomic E-state index is 6.06. The summed E-state index contributed by atoms with van der Waals surface area (Å²) >= 11 is 0. The molecule has 0 amide bonds. The van der Waals surface area contributed by atoms with Gasteiger partial charge in [0.15, 0.2) is 0 Å². The van der Waals surface area contributed by atoms with Gasteiger partial charge in [-0.3, -0.25) is 0 Å². The number of methoxy groups -OCH3 is 2. The lowest BCUT2D eigenvalue weighted by Crippen LogP contribution is -2.33. The second-order valence-corrected chi connectivity index (χ2v) is 4.47. The normalized spacial score (nSPS) is 14.1. The molecule has 5 nitrogen and oxygen atoms in total. The van der Waals surface area contributed by atoms with Gasteiger partial charge in [0, 0.05) is 20.4 Å². The molecule has 1 heterocycles. The summed E-state index contributed by atoms with van der Waals surface area (Å²) in [6.07, 6.45) is 3.57. The number of rotatable bonds is 6. The third kappa shape index (κ3) is 3.30. The molecule has 0 bridgehead atoms. The first-order valence-corrected chi connectivity index (χ1v) is 5.30. The fraction of sp³-hybridized carbons (Fsp3) is 0.727. The molecule has 2 N–H and O–H groups in total. The molecule has 0 saturated heterocycles. The lowest BCUT2D eigenvalue weighted by molar-refractivity contribution is 0.0175. The second kappa shape index (κ2) is 5.43. The number of nitrogens with zero attached hydrogens (tertiary/aromatic N) is 2. The van der Waals surface area contributed by atoms with Crippen molar-refractivity contribution < 1.29 is 9.47 Å². The van der Waals surface area contributed by atoms with E-state index in [9.17, 15) is 0 Å². The molecule has 1 atom stereocenters. The Balaban J connectivity index is 2.77. The van der Waals surface area contributed by atoms with Crippen LogP contribution >= 0.6 is 0 Å². The molecule has 0 radical (unpaired) electrons. The molecular formula is C11H21N3O2. The Labute approximate surface area is 96.6 Å². The quantitative estimate of drug-likeness (QED) is 0.778. The minimum absolute atomic E-state index is 0.0142. The Morgan fingerprint density at radius 2 is 2.19 bits per heavy atom. The summed E-state index contributed by atoms with van der Waals surface area (Å²) in [7, 11) is 3.33. The van der Waals surface area contributed by atoms with Crippen LogP contribution in [0.3, 0.4) is 0 Å². The molecule has 0 saturated carbocycles. The van der Waals surface area contributed by atoms with E-state index in [1.165, 1.54) is 0 Å². The molecule has 1 rings (SSSR count). The Hall–Kier alpha value is -0.910. The molecule has 0 aromatic carbocycles. The van der Waals surface area contributed by atoms with Crippen LogP contribution in [0.4, 0.5) is 0 Å². The average molecular weight is 227 g/mol. The van der Waals surface area contributed by atoms with Gasteiger partial charge in [0.2, 0.25) is 0 Å². The van der Waals surface area contributed by atoms with Gasteiger partial charge in [-0.25, -0.2) is 4.98 Å². The summed E-state index contributed by atoms with van der Waals surface area (Å²) in [6, 6.07) is 0. The second-order valence-electron chi connectivity index (χ2n) is 4.47. The van der Waals surface area contributed by atoms with Gasteiger partial charge in [-0.2, -0.15) is 0 Å². The van der Waals surface area contributed by atoms with Crippen molar-refractivity contribution in [1.82, 2.24) is 9.55 Å². The highest BCUT2D eigenvalue weighted by molar-refractivity contribution is 5.09. The van der Waals surface area contributed by atoms with Crippen molar-refractivity contribution in [3.63, 3.8) is 0 Å². The van der Waals surface area contributed by atoms with Crippen LogP contribution < -0.4 is 5.73 Å². The van der Waals surface area contributed by atoms with Crippen molar-refractivity contribution in [2.45, 2.75) is 32.0 Å². The third-order valence-corrected chi connectivity index (χ3v) is 2.46. The molecule has 1 unspecified atom stereocenters. The first-order chi connectivity index (χ1) is 7.49. The minimum Gasteiger partial charge on any atom is -0.382 e. The Bertz CT molecular complexity index is 317. The van der Waals surface area contributed by atoms with Crippen molar-refractivity contribution >= 4 is 0 Å². The molecular weight excluding hydrogens is 206 g/mol. The third-order valence-electron chi connectivity index (χ3n) is 2.46. The summed E-state index contributed by atoms with van der Waals surface area (Å²) in [5.41, 5.74) is 6.65. The van der Waals surface area contributed by atoms with Crippen LogP contribution in [0.2, 0.25) is 0 Å². The topological polar surface area (TPSA) is 62.3 Å². The summed E-state index contributed by atoms with van der Waals surface area (Å²) in [5.74, 6) is 0. The maximum Gasteiger partial charge on any atom is 0.0983 e. The molecule has 0 fully saturated rings. The van der Waals surface area contributed by atoms with Crippen LogP contribution in [-0.4, -0.2) is 36.5 Å². The summed E-state index contributed by atoms with van der Waals surface area (Å²) < 4.78 is 12.4. The smallest absolute Gasteiger partial charge is 0.0983 e. The van der Waals surface area contributed by atoms with Gasteiger partial charge < -0.3 is 19.8 Å². The Morgan fingerprint density at radius 3 is 2.69 bits per heavy atom. The van der Waals surface area contributed by atoms with Crippen molar-refractivity contribution in [2.75, 3.05) is 20.8 Å². The highest BCUT2D eigenvalue weighted by atomic mass is 16.5. The highest BCUT2D eigenvalue weighted by Gasteiger charge is 2.20. The number of hydrogen-bond acceptors (Lipinski definition) is 4. The monoisotopic (exact) mass is 227 g/mol. The van der Waals surface area contributed by atoms with E-state index in [0.717, 1.165) is 5.69 Å². The van der Waals surface area contributed by atoms with Gasteiger partial charge in [0.25, 0.3) is 0 Å². The molecule has 1 aromatic heterocycles. The summed E-state index contributed by atoms with van der Waals surface area (Å²) in [4.78, 5) is 4.12. The molecule has 16 heavy (non-hydrogen) atoms. The van der Waals surface area contributed by atoms with Crippen molar-refractivity contribution in [1.29, 1.82) is 0 Å². The van der Waals surface area contributed by atoms with E-state index in [2.05, 4.69) is 4.98 Å². The number of imidazole rings is 1. The van der Waals surface area contributed by atoms with Gasteiger partial charge in [0.05, 0.1) is 36.8 Å². The van der Waals surface area contributed by atoms with Crippen LogP contribution in [-0.2, 0) is 21.6 Å². The van der Waals surface area contributed by atoms with E-state index in [-0.39, 0.29) is 6.10 Å². The predicted molar refractivity (Wildman–Crippen MR) is 62.1 cm³/mol. The van der Waals surface area contributed by atoms with Crippen LogP contribution in [0, 0.1) is 0 Å². The number of aromatic nitrogens is 2. The van der Waals surface area contributed by atoms with E-state index in [1.807, 2.05) is 18.4 Å². The van der Waals surface area contributed by atoms with Gasteiger partial charge in [-0.1, -0.05) is 0 Å². The standard InChI is InChI=1S/C11H21N3O2/c1-11(2,12)10-5-13-8-14(10)6-9(16-4)7-15-3/h5,8-9H,6-7,12H2,1-4H3. The predicted octanol–water partition coefficient (Wildman–Crippen LogP) is 0.738. The highest BCUT2D eigenvalue weighted by Crippen LogP contribution is 2.16. The van der Waals surface area contributed by atoms with Crippen LogP contribution in [0.25, 0.3) is 0 Å². The van der Waals surface area contributed by atoms with Crippen LogP contribution in [0.5, 0.6) is 0 Å². The Morgan fingerprint density at radius 1 is 1.50 bits per heavy atom. The first-order valence-electron chi connectivity index (χ1n) is 5.30. The summed E-state index contributed by atoms with van der Waals surface area (Å²) in [6.45, 7) is 5.16. The lowest BCUT2D eigenvalue weighted by atomic mass is 10.0. The van der Waals surface area contributed by atoms with Crippen LogP contribution in [0.1, 0.15) is 19.5 Å². The molecule has 92 valence electrons. The molecule has 0 aliphatic rings. The molecule has 0 aliphatic carbocycles. The average Bonchev–Trinajstić information content (AvgIpc) is 2.64. The number of ether oxygens (including phenoxy) is 2. The van der Waals surface area contributed by atoms with Gasteiger partial charge in [-0.05, 0) is 13.8 Å². The van der Waals surface area contributed by atoms with Gasteiger partial charge >= 0.3 is 0 Å². The number of nitrogens with two attached hydrogens (primary N) is 1. The fourth-order valence-corrected chi connectivity index (χ4v) is 1.60. The SMILES string of the molecule is COCC(Cn1cncc1C(C)(C)N)OC. The van der Waals surface area contributed by atoms with Crippen molar-refractivity contribution in [3.8, 4) is 0 Å². The van der Waals surface area contributed by atoms with E-state index in [4.69, 9.17) is 15.2 Å². The van der Waals surface area contributed by atoms with E-state index >= 15 is 0 Å². The van der Waals surface area contributed by atoms with Gasteiger partial charge in [-0.15, -0.1) is 0 Å². The van der Waals surface area contributed by atoms with Crippen LogP contribution in [0.15, 0.2) is 12.5 Å². The van der Waals surface area contributed by atoms with Gasteiger partial charge in [0.1, 0.15) is 0 Å². The molecule has 0 aliphatic heterocycles. The minimum atomic E-state index is -0.401. The molecule has 5 heteroatoms. The Kier molecular flexibility index (Phi) is 4.46. The molecule has 1 aromatic rings.